The SMILES string of the molecule is CC1CCc2sc(CC(=O)C3CC3)c(C(=O)O)c2C1. The summed E-state index contributed by atoms with van der Waals surface area (Å²) in [5.74, 6) is 0.131. The fourth-order valence-corrected chi connectivity index (χ4v) is 4.25. The maximum Gasteiger partial charge on any atom is 0.337 e. The van der Waals surface area contributed by atoms with Crippen LogP contribution in [-0.4, -0.2) is 16.9 Å². The van der Waals surface area contributed by atoms with E-state index in [4.69, 9.17) is 0 Å². The van der Waals surface area contributed by atoms with E-state index in [0.29, 0.717) is 17.9 Å². The highest BCUT2D eigenvalue weighted by Crippen LogP contribution is 2.38. The number of hydrogen-bond donors (Lipinski definition) is 1. The largest absolute Gasteiger partial charge is 0.478 e. The minimum absolute atomic E-state index is 0.208. The van der Waals surface area contributed by atoms with E-state index < -0.39 is 5.97 Å². The normalized spacial score (nSPS) is 22.1. The van der Waals surface area contributed by atoms with Crippen LogP contribution in [-0.2, 0) is 24.1 Å². The molecule has 1 atom stereocenters. The monoisotopic (exact) mass is 278 g/mol. The van der Waals surface area contributed by atoms with Gasteiger partial charge in [0.1, 0.15) is 5.78 Å². The predicted octanol–water partition coefficient (Wildman–Crippen LogP) is 3.09. The maximum atomic E-state index is 11.9. The lowest BCUT2D eigenvalue weighted by Crippen LogP contribution is -2.13. The van der Waals surface area contributed by atoms with Gasteiger partial charge in [-0.05, 0) is 43.6 Å². The molecule has 4 heteroatoms. The molecule has 0 spiro atoms. The van der Waals surface area contributed by atoms with E-state index >= 15 is 0 Å². The predicted molar refractivity (Wildman–Crippen MR) is 73.9 cm³/mol. The molecule has 0 aromatic carbocycles. The van der Waals surface area contributed by atoms with Gasteiger partial charge in [-0.2, -0.15) is 0 Å². The molecule has 1 heterocycles. The Balaban J connectivity index is 1.94. The fourth-order valence-electron chi connectivity index (χ4n) is 2.90. The molecule has 0 amide bonds. The number of carbonyl (C=O) groups excluding carboxylic acids is 1. The Hall–Kier alpha value is -1.16. The van der Waals surface area contributed by atoms with Crippen molar-refractivity contribution in [2.75, 3.05) is 0 Å². The first-order valence-corrected chi connectivity index (χ1v) is 7.77. The van der Waals surface area contributed by atoms with Crippen LogP contribution in [0, 0.1) is 11.8 Å². The van der Waals surface area contributed by atoms with Gasteiger partial charge in [0.25, 0.3) is 0 Å². The average molecular weight is 278 g/mol. The molecular weight excluding hydrogens is 260 g/mol. The van der Waals surface area contributed by atoms with Crippen LogP contribution in [0.3, 0.4) is 0 Å². The lowest BCUT2D eigenvalue weighted by Gasteiger charge is -2.18. The van der Waals surface area contributed by atoms with Crippen molar-refractivity contribution in [3.8, 4) is 0 Å². The number of Topliss-reactive ketones (excluding diaryl/α,β-unsaturated/α-hetero) is 1. The van der Waals surface area contributed by atoms with Crippen molar-refractivity contribution in [1.82, 2.24) is 0 Å². The van der Waals surface area contributed by atoms with Crippen LogP contribution in [0.4, 0.5) is 0 Å². The van der Waals surface area contributed by atoms with Gasteiger partial charge in [-0.1, -0.05) is 6.92 Å². The van der Waals surface area contributed by atoms with Crippen molar-refractivity contribution < 1.29 is 14.7 Å². The van der Waals surface area contributed by atoms with E-state index in [1.807, 2.05) is 0 Å². The Labute approximate surface area is 116 Å². The zero-order chi connectivity index (χ0) is 13.6. The van der Waals surface area contributed by atoms with Crippen molar-refractivity contribution in [3.05, 3.63) is 20.9 Å². The molecule has 2 aliphatic rings. The van der Waals surface area contributed by atoms with Gasteiger partial charge in [0, 0.05) is 22.1 Å². The molecule has 19 heavy (non-hydrogen) atoms. The number of hydrogen-bond acceptors (Lipinski definition) is 3. The van der Waals surface area contributed by atoms with Crippen molar-refractivity contribution >= 4 is 23.1 Å². The number of rotatable bonds is 4. The molecule has 1 aromatic heterocycles. The fraction of sp³-hybridized carbons (Fsp3) is 0.600. The Morgan fingerprint density at radius 2 is 2.05 bits per heavy atom. The number of carboxylic acids is 1. The number of aryl methyl sites for hydroxylation is 1. The van der Waals surface area contributed by atoms with Crippen molar-refractivity contribution in [3.63, 3.8) is 0 Å². The molecule has 1 N–H and O–H groups in total. The number of ketones is 1. The number of carbonyl (C=O) groups is 2. The smallest absolute Gasteiger partial charge is 0.337 e. The first-order valence-electron chi connectivity index (χ1n) is 6.95. The van der Waals surface area contributed by atoms with E-state index in [2.05, 4.69) is 6.92 Å². The van der Waals surface area contributed by atoms with Gasteiger partial charge < -0.3 is 5.11 Å². The van der Waals surface area contributed by atoms with Crippen molar-refractivity contribution in [2.24, 2.45) is 11.8 Å². The molecule has 0 radical (unpaired) electrons. The summed E-state index contributed by atoms with van der Waals surface area (Å²) in [6.45, 7) is 2.17. The summed E-state index contributed by atoms with van der Waals surface area (Å²) in [6.07, 6.45) is 5.26. The lowest BCUT2D eigenvalue weighted by atomic mass is 9.87. The summed E-state index contributed by atoms with van der Waals surface area (Å²) < 4.78 is 0. The van der Waals surface area contributed by atoms with Crippen LogP contribution >= 0.6 is 11.3 Å². The summed E-state index contributed by atoms with van der Waals surface area (Å²) in [6, 6.07) is 0. The van der Waals surface area contributed by atoms with Crippen LogP contribution in [0.25, 0.3) is 0 Å². The third-order valence-corrected chi connectivity index (χ3v) is 5.45. The highest BCUT2D eigenvalue weighted by Gasteiger charge is 2.33. The van der Waals surface area contributed by atoms with Crippen LogP contribution in [0.2, 0.25) is 0 Å². The zero-order valence-corrected chi connectivity index (χ0v) is 11.9. The second-order valence-electron chi connectivity index (χ2n) is 5.87. The summed E-state index contributed by atoms with van der Waals surface area (Å²) in [7, 11) is 0. The third kappa shape index (κ3) is 2.46. The molecular formula is C15H18O3S. The molecule has 102 valence electrons. The van der Waals surface area contributed by atoms with E-state index in [-0.39, 0.29) is 11.7 Å². The Morgan fingerprint density at radius 1 is 1.32 bits per heavy atom. The first kappa shape index (κ1) is 12.9. The van der Waals surface area contributed by atoms with Crippen molar-refractivity contribution in [1.29, 1.82) is 0 Å². The highest BCUT2D eigenvalue weighted by molar-refractivity contribution is 7.12. The van der Waals surface area contributed by atoms with E-state index in [9.17, 15) is 14.7 Å². The Morgan fingerprint density at radius 3 is 2.68 bits per heavy atom. The quantitative estimate of drug-likeness (QED) is 0.920. The van der Waals surface area contributed by atoms with Gasteiger partial charge in [0.15, 0.2) is 0 Å². The first-order chi connectivity index (χ1) is 9.06. The lowest BCUT2D eigenvalue weighted by molar-refractivity contribution is -0.119. The molecule has 0 aliphatic heterocycles. The minimum atomic E-state index is -0.856. The van der Waals surface area contributed by atoms with Crippen molar-refractivity contribution in [2.45, 2.75) is 45.4 Å². The maximum absolute atomic E-state index is 11.9. The Kier molecular flexibility index (Phi) is 3.21. The van der Waals surface area contributed by atoms with Gasteiger partial charge in [-0.25, -0.2) is 4.79 Å². The van der Waals surface area contributed by atoms with Gasteiger partial charge in [0.05, 0.1) is 5.56 Å². The molecule has 3 nitrogen and oxygen atoms in total. The Bertz CT molecular complexity index is 540. The van der Waals surface area contributed by atoms with Crippen LogP contribution < -0.4 is 0 Å². The second-order valence-corrected chi connectivity index (χ2v) is 7.06. The molecule has 3 rings (SSSR count). The van der Waals surface area contributed by atoms with Gasteiger partial charge in [0.2, 0.25) is 0 Å². The van der Waals surface area contributed by atoms with Crippen LogP contribution in [0.5, 0.6) is 0 Å². The molecule has 1 saturated carbocycles. The number of thiophene rings is 1. The third-order valence-electron chi connectivity index (χ3n) is 4.16. The number of aromatic carboxylic acids is 1. The zero-order valence-electron chi connectivity index (χ0n) is 11.1. The minimum Gasteiger partial charge on any atom is -0.478 e. The topological polar surface area (TPSA) is 54.4 Å². The summed E-state index contributed by atoms with van der Waals surface area (Å²) >= 11 is 1.56. The summed E-state index contributed by atoms with van der Waals surface area (Å²) in [5.41, 5.74) is 1.45. The molecule has 1 aromatic rings. The molecule has 1 unspecified atom stereocenters. The van der Waals surface area contributed by atoms with E-state index in [1.165, 1.54) is 4.88 Å². The van der Waals surface area contributed by atoms with E-state index in [0.717, 1.165) is 42.5 Å². The van der Waals surface area contributed by atoms with Gasteiger partial charge >= 0.3 is 5.97 Å². The number of carboxylic acid groups (broad SMARTS) is 1. The molecule has 0 bridgehead atoms. The molecule has 1 fully saturated rings. The van der Waals surface area contributed by atoms with Gasteiger partial charge in [-0.15, -0.1) is 11.3 Å². The van der Waals surface area contributed by atoms with E-state index in [1.54, 1.807) is 11.3 Å². The summed E-state index contributed by atoms with van der Waals surface area (Å²) in [4.78, 5) is 25.5. The van der Waals surface area contributed by atoms with Gasteiger partial charge in [-0.3, -0.25) is 4.79 Å². The highest BCUT2D eigenvalue weighted by atomic mass is 32.1. The second kappa shape index (κ2) is 4.75. The number of fused-ring (bicyclic) bond motifs is 1. The standard InChI is InChI=1S/C15H18O3S/c1-8-2-5-12-10(6-8)14(15(17)18)13(19-12)7-11(16)9-3-4-9/h8-9H,2-7H2,1H3,(H,17,18). The van der Waals surface area contributed by atoms with Crippen LogP contribution in [0.15, 0.2) is 0 Å². The molecule has 2 aliphatic carbocycles. The summed E-state index contributed by atoms with van der Waals surface area (Å²) in [5, 5.41) is 9.46. The average Bonchev–Trinajstić information content (AvgIpc) is 3.11. The molecule has 0 saturated heterocycles. The van der Waals surface area contributed by atoms with Crippen LogP contribution in [0.1, 0.15) is 51.9 Å².